The van der Waals surface area contributed by atoms with E-state index in [1.54, 1.807) is 0 Å². The second kappa shape index (κ2) is 6.44. The third-order valence-electron chi connectivity index (χ3n) is 4.33. The number of hydrogen-bond donors (Lipinski definition) is 0. The Bertz CT molecular complexity index is 1040. The van der Waals surface area contributed by atoms with E-state index in [1.807, 2.05) is 61.5 Å². The van der Waals surface area contributed by atoms with Gasteiger partial charge >= 0.3 is 5.97 Å². The summed E-state index contributed by atoms with van der Waals surface area (Å²) in [5.74, 6) is 0.374. The van der Waals surface area contributed by atoms with Crippen LogP contribution in [0.15, 0.2) is 71.1 Å². The Kier molecular flexibility index (Phi) is 3.98. The molecule has 1 heterocycles. The minimum Gasteiger partial charge on any atom is -0.466 e. The highest BCUT2D eigenvalue weighted by atomic mass is 16.5. The van der Waals surface area contributed by atoms with Crippen molar-refractivity contribution in [2.75, 3.05) is 6.61 Å². The van der Waals surface area contributed by atoms with Crippen LogP contribution in [0.1, 0.15) is 12.7 Å². The van der Waals surface area contributed by atoms with Crippen LogP contribution in [0.3, 0.4) is 0 Å². The van der Waals surface area contributed by atoms with Gasteiger partial charge in [-0.1, -0.05) is 60.7 Å². The van der Waals surface area contributed by atoms with Crippen LogP contribution >= 0.6 is 0 Å². The van der Waals surface area contributed by atoms with Crippen LogP contribution in [0.2, 0.25) is 0 Å². The summed E-state index contributed by atoms with van der Waals surface area (Å²) in [5, 5.41) is 3.32. The summed E-state index contributed by atoms with van der Waals surface area (Å²) in [4.78, 5) is 12.1. The van der Waals surface area contributed by atoms with Crippen molar-refractivity contribution in [1.29, 1.82) is 0 Å². The van der Waals surface area contributed by atoms with Crippen molar-refractivity contribution >= 4 is 27.7 Å². The Morgan fingerprint density at radius 2 is 1.72 bits per heavy atom. The molecule has 0 spiro atoms. The molecule has 0 unspecified atom stereocenters. The van der Waals surface area contributed by atoms with Gasteiger partial charge in [0.2, 0.25) is 0 Å². The first-order valence-corrected chi connectivity index (χ1v) is 8.42. The minimum absolute atomic E-state index is 0.126. The molecule has 25 heavy (non-hydrogen) atoms. The van der Waals surface area contributed by atoms with Gasteiger partial charge in [-0.15, -0.1) is 0 Å². The fourth-order valence-electron chi connectivity index (χ4n) is 3.30. The lowest BCUT2D eigenvalue weighted by Crippen LogP contribution is -2.07. The molecule has 0 fully saturated rings. The van der Waals surface area contributed by atoms with Gasteiger partial charge in [-0.3, -0.25) is 4.79 Å². The highest BCUT2D eigenvalue weighted by Crippen LogP contribution is 2.39. The van der Waals surface area contributed by atoms with Crippen LogP contribution in [0.4, 0.5) is 0 Å². The Morgan fingerprint density at radius 3 is 2.52 bits per heavy atom. The Hall–Kier alpha value is -3.07. The average Bonchev–Trinajstić information content (AvgIpc) is 3.01. The van der Waals surface area contributed by atoms with E-state index in [0.29, 0.717) is 12.4 Å². The summed E-state index contributed by atoms with van der Waals surface area (Å²) in [6.07, 6.45) is 0.126. The molecule has 0 saturated heterocycles. The Morgan fingerprint density at radius 1 is 0.960 bits per heavy atom. The first-order chi connectivity index (χ1) is 12.3. The molecule has 3 nitrogen and oxygen atoms in total. The molecule has 0 aliphatic rings. The second-order valence-corrected chi connectivity index (χ2v) is 5.91. The summed E-state index contributed by atoms with van der Waals surface area (Å²) >= 11 is 0. The van der Waals surface area contributed by atoms with E-state index >= 15 is 0 Å². The van der Waals surface area contributed by atoms with Gasteiger partial charge in [0.25, 0.3) is 0 Å². The molecule has 0 saturated carbocycles. The topological polar surface area (TPSA) is 39.4 Å². The molecule has 3 heteroatoms. The normalized spacial score (nSPS) is 11.1. The van der Waals surface area contributed by atoms with Crippen LogP contribution in [-0.4, -0.2) is 12.6 Å². The molecular weight excluding hydrogens is 312 g/mol. The molecule has 4 rings (SSSR count). The number of carbonyl (C=O) groups excluding carboxylic acids is 1. The van der Waals surface area contributed by atoms with Gasteiger partial charge < -0.3 is 9.15 Å². The van der Waals surface area contributed by atoms with Crippen molar-refractivity contribution < 1.29 is 13.9 Å². The van der Waals surface area contributed by atoms with Gasteiger partial charge in [-0.05, 0) is 29.3 Å². The molecular formula is C22H18O3. The van der Waals surface area contributed by atoms with Crippen LogP contribution in [0.5, 0.6) is 0 Å². The fourth-order valence-corrected chi connectivity index (χ4v) is 3.30. The lowest BCUT2D eigenvalue weighted by atomic mass is 9.97. The summed E-state index contributed by atoms with van der Waals surface area (Å²) in [5.41, 5.74) is 2.80. The van der Waals surface area contributed by atoms with Gasteiger partial charge in [-0.25, -0.2) is 0 Å². The minimum atomic E-state index is -0.275. The maximum Gasteiger partial charge on any atom is 0.313 e. The monoisotopic (exact) mass is 330 g/mol. The molecule has 3 aromatic carbocycles. The summed E-state index contributed by atoms with van der Waals surface area (Å²) in [6, 6.07) is 22.3. The van der Waals surface area contributed by atoms with Gasteiger partial charge in [0.15, 0.2) is 0 Å². The third kappa shape index (κ3) is 2.78. The number of ether oxygens (including phenoxy) is 1. The molecule has 0 N–H and O–H groups in total. The molecule has 0 bridgehead atoms. The quantitative estimate of drug-likeness (QED) is 0.473. The van der Waals surface area contributed by atoms with E-state index in [0.717, 1.165) is 32.9 Å². The zero-order chi connectivity index (χ0) is 17.2. The Labute approximate surface area is 145 Å². The number of rotatable bonds is 4. The SMILES string of the molecule is CCOC(=O)Cc1oc2ccc3ccccc3c2c1-c1ccccc1. The number of hydrogen-bond acceptors (Lipinski definition) is 3. The van der Waals surface area contributed by atoms with Crippen LogP contribution in [0.25, 0.3) is 32.9 Å². The zero-order valence-electron chi connectivity index (χ0n) is 14.0. The summed E-state index contributed by atoms with van der Waals surface area (Å²) in [6.45, 7) is 2.17. The molecule has 0 aliphatic carbocycles. The fraction of sp³-hybridized carbons (Fsp3) is 0.136. The number of benzene rings is 3. The number of fused-ring (bicyclic) bond motifs is 3. The predicted octanol–water partition coefficient (Wildman–Crippen LogP) is 5.36. The van der Waals surface area contributed by atoms with Gasteiger partial charge in [-0.2, -0.15) is 0 Å². The van der Waals surface area contributed by atoms with Gasteiger partial charge in [0.05, 0.1) is 6.61 Å². The van der Waals surface area contributed by atoms with E-state index in [2.05, 4.69) is 12.1 Å². The summed E-state index contributed by atoms with van der Waals surface area (Å²) < 4.78 is 11.2. The number of esters is 1. The van der Waals surface area contributed by atoms with Crippen molar-refractivity contribution in [3.63, 3.8) is 0 Å². The molecule has 0 aliphatic heterocycles. The van der Waals surface area contributed by atoms with Crippen molar-refractivity contribution in [2.45, 2.75) is 13.3 Å². The largest absolute Gasteiger partial charge is 0.466 e. The van der Waals surface area contributed by atoms with Crippen molar-refractivity contribution in [3.8, 4) is 11.1 Å². The average molecular weight is 330 g/mol. The summed E-state index contributed by atoms with van der Waals surface area (Å²) in [7, 11) is 0. The molecule has 0 amide bonds. The maximum atomic E-state index is 12.1. The number of carbonyl (C=O) groups is 1. The molecule has 1 aromatic heterocycles. The van der Waals surface area contributed by atoms with Crippen LogP contribution < -0.4 is 0 Å². The second-order valence-electron chi connectivity index (χ2n) is 5.91. The molecule has 0 atom stereocenters. The highest BCUT2D eigenvalue weighted by Gasteiger charge is 2.20. The smallest absolute Gasteiger partial charge is 0.313 e. The van der Waals surface area contributed by atoms with E-state index in [1.165, 1.54) is 0 Å². The van der Waals surface area contributed by atoms with Gasteiger partial charge in [0, 0.05) is 10.9 Å². The van der Waals surface area contributed by atoms with E-state index in [9.17, 15) is 4.79 Å². The third-order valence-corrected chi connectivity index (χ3v) is 4.33. The molecule has 124 valence electrons. The van der Waals surface area contributed by atoms with E-state index in [4.69, 9.17) is 9.15 Å². The van der Waals surface area contributed by atoms with Crippen LogP contribution in [0, 0.1) is 0 Å². The van der Waals surface area contributed by atoms with E-state index in [-0.39, 0.29) is 12.4 Å². The first-order valence-electron chi connectivity index (χ1n) is 8.42. The standard InChI is InChI=1S/C22H18O3/c1-2-24-20(23)14-19-21(16-9-4-3-5-10-16)22-17-11-7-6-8-15(17)12-13-18(22)25-19/h3-13H,2,14H2,1H3. The first kappa shape index (κ1) is 15.5. The van der Waals surface area contributed by atoms with Crippen LogP contribution in [-0.2, 0) is 16.0 Å². The lowest BCUT2D eigenvalue weighted by Gasteiger charge is -2.05. The molecule has 0 radical (unpaired) electrons. The maximum absolute atomic E-state index is 12.1. The lowest BCUT2D eigenvalue weighted by molar-refractivity contribution is -0.142. The zero-order valence-corrected chi connectivity index (χ0v) is 14.0. The van der Waals surface area contributed by atoms with Crippen molar-refractivity contribution in [1.82, 2.24) is 0 Å². The van der Waals surface area contributed by atoms with Gasteiger partial charge in [0.1, 0.15) is 17.8 Å². The highest BCUT2D eigenvalue weighted by molar-refractivity contribution is 6.13. The predicted molar refractivity (Wildman–Crippen MR) is 99.5 cm³/mol. The van der Waals surface area contributed by atoms with Crippen molar-refractivity contribution in [2.24, 2.45) is 0 Å². The Balaban J connectivity index is 2.01. The van der Waals surface area contributed by atoms with E-state index < -0.39 is 0 Å². The van der Waals surface area contributed by atoms with Crippen molar-refractivity contribution in [3.05, 3.63) is 72.5 Å². The molecule has 4 aromatic rings. The number of furan rings is 1.